The molecule has 0 aliphatic heterocycles. The molecular weight excluding hydrogens is 359 g/mol. The number of benzene rings is 1. The Morgan fingerprint density at radius 2 is 1.80 bits per heavy atom. The molecule has 1 aromatic carbocycles. The molecule has 3 rings (SSSR count). The number of pyridine rings is 1. The van der Waals surface area contributed by atoms with Crippen LogP contribution in [0, 0.1) is 0 Å². The lowest BCUT2D eigenvalue weighted by molar-refractivity contribution is 0.300. The van der Waals surface area contributed by atoms with E-state index < -0.39 is 0 Å². The molecule has 130 valence electrons. The third-order valence-corrected chi connectivity index (χ3v) is 4.41. The van der Waals surface area contributed by atoms with Crippen LogP contribution >= 0.6 is 23.2 Å². The van der Waals surface area contributed by atoms with Gasteiger partial charge in [0, 0.05) is 41.2 Å². The number of aryl methyl sites for hydroxylation is 1. The van der Waals surface area contributed by atoms with E-state index in [1.807, 2.05) is 30.6 Å². The van der Waals surface area contributed by atoms with E-state index in [1.165, 1.54) is 6.07 Å². The number of rotatable bonds is 7. The molecule has 0 atom stereocenters. The van der Waals surface area contributed by atoms with Crippen LogP contribution < -0.4 is 10.3 Å². The fourth-order valence-corrected chi connectivity index (χ4v) is 2.97. The highest BCUT2D eigenvalue weighted by molar-refractivity contribution is 6.35. The van der Waals surface area contributed by atoms with E-state index in [4.69, 9.17) is 27.9 Å². The Morgan fingerprint density at radius 1 is 1.00 bits per heavy atom. The predicted octanol–water partition coefficient (Wildman–Crippen LogP) is 4.47. The number of aromatic nitrogens is 2. The van der Waals surface area contributed by atoms with Crippen LogP contribution in [0.25, 0.3) is 0 Å². The van der Waals surface area contributed by atoms with Gasteiger partial charge in [-0.25, -0.2) is 0 Å². The van der Waals surface area contributed by atoms with E-state index in [-0.39, 0.29) is 5.56 Å². The number of ether oxygens (including phenoxy) is 1. The van der Waals surface area contributed by atoms with E-state index in [2.05, 4.69) is 4.57 Å². The Balaban J connectivity index is 1.57. The van der Waals surface area contributed by atoms with Gasteiger partial charge < -0.3 is 13.9 Å². The van der Waals surface area contributed by atoms with E-state index in [0.717, 1.165) is 18.5 Å². The van der Waals surface area contributed by atoms with Gasteiger partial charge >= 0.3 is 0 Å². The Morgan fingerprint density at radius 3 is 2.52 bits per heavy atom. The zero-order chi connectivity index (χ0) is 17.6. The Labute approximate surface area is 156 Å². The normalized spacial score (nSPS) is 10.8. The lowest BCUT2D eigenvalue weighted by atomic mass is 10.2. The lowest BCUT2D eigenvalue weighted by Gasteiger charge is -2.10. The monoisotopic (exact) mass is 376 g/mol. The minimum Gasteiger partial charge on any atom is -0.493 e. The number of hydrogen-bond acceptors (Lipinski definition) is 2. The van der Waals surface area contributed by atoms with Crippen LogP contribution in [0.5, 0.6) is 5.75 Å². The molecule has 0 fully saturated rings. The van der Waals surface area contributed by atoms with Crippen molar-refractivity contribution in [3.8, 4) is 5.75 Å². The molecule has 25 heavy (non-hydrogen) atoms. The van der Waals surface area contributed by atoms with Gasteiger partial charge in [-0.05, 0) is 42.3 Å². The van der Waals surface area contributed by atoms with Gasteiger partial charge in [-0.3, -0.25) is 4.79 Å². The van der Waals surface area contributed by atoms with Gasteiger partial charge in [0.05, 0.1) is 13.2 Å². The Hall–Kier alpha value is -2.17. The maximum atomic E-state index is 12.3. The van der Waals surface area contributed by atoms with Gasteiger partial charge in [0.15, 0.2) is 0 Å². The van der Waals surface area contributed by atoms with Crippen LogP contribution in [-0.4, -0.2) is 15.7 Å². The highest BCUT2D eigenvalue weighted by atomic mass is 35.5. The van der Waals surface area contributed by atoms with Crippen LogP contribution in [0.4, 0.5) is 0 Å². The van der Waals surface area contributed by atoms with Crippen molar-refractivity contribution < 1.29 is 4.74 Å². The first-order valence-electron chi connectivity index (χ1n) is 8.00. The fourth-order valence-electron chi connectivity index (χ4n) is 2.50. The summed E-state index contributed by atoms with van der Waals surface area (Å²) in [6.45, 7) is 1.84. The minimum absolute atomic E-state index is 0.131. The van der Waals surface area contributed by atoms with Gasteiger partial charge in [-0.1, -0.05) is 29.3 Å². The second kappa shape index (κ2) is 8.28. The summed E-state index contributed by atoms with van der Waals surface area (Å²) in [6, 6.07) is 12.5. The second-order valence-corrected chi connectivity index (χ2v) is 6.53. The smallest absolute Gasteiger partial charge is 0.254 e. The van der Waals surface area contributed by atoms with Crippen molar-refractivity contribution in [2.75, 3.05) is 6.61 Å². The van der Waals surface area contributed by atoms with Crippen LogP contribution in [0.1, 0.15) is 12.0 Å². The molecule has 0 aliphatic rings. The van der Waals surface area contributed by atoms with Gasteiger partial charge in [-0.2, -0.15) is 0 Å². The summed E-state index contributed by atoms with van der Waals surface area (Å²) in [4.78, 5) is 12.3. The number of halogens is 2. The summed E-state index contributed by atoms with van der Waals surface area (Å²) in [5.41, 5.74) is 0.711. The molecule has 4 nitrogen and oxygen atoms in total. The first kappa shape index (κ1) is 17.6. The first-order chi connectivity index (χ1) is 12.1. The van der Waals surface area contributed by atoms with Crippen LogP contribution in [-0.2, 0) is 13.1 Å². The average Bonchev–Trinajstić information content (AvgIpc) is 3.09. The summed E-state index contributed by atoms with van der Waals surface area (Å²) in [7, 11) is 0. The average molecular weight is 377 g/mol. The molecule has 0 bridgehead atoms. The van der Waals surface area contributed by atoms with Crippen molar-refractivity contribution in [2.45, 2.75) is 19.5 Å². The summed E-state index contributed by atoms with van der Waals surface area (Å²) in [5.74, 6) is 0.580. The topological polar surface area (TPSA) is 36.2 Å². The van der Waals surface area contributed by atoms with Crippen molar-refractivity contribution in [3.05, 3.63) is 87.0 Å². The zero-order valence-corrected chi connectivity index (χ0v) is 15.1. The van der Waals surface area contributed by atoms with Crippen LogP contribution in [0.2, 0.25) is 10.0 Å². The van der Waals surface area contributed by atoms with E-state index in [0.29, 0.717) is 28.9 Å². The number of nitrogens with zero attached hydrogens (tertiary/aromatic N) is 2. The zero-order valence-electron chi connectivity index (χ0n) is 13.6. The van der Waals surface area contributed by atoms with E-state index in [1.54, 1.807) is 29.0 Å². The quantitative estimate of drug-likeness (QED) is 0.570. The molecule has 0 unspecified atom stereocenters. The van der Waals surface area contributed by atoms with Crippen molar-refractivity contribution in [1.82, 2.24) is 9.13 Å². The molecule has 2 heterocycles. The first-order valence-corrected chi connectivity index (χ1v) is 8.75. The molecule has 3 aromatic rings. The van der Waals surface area contributed by atoms with E-state index >= 15 is 0 Å². The van der Waals surface area contributed by atoms with Crippen molar-refractivity contribution in [1.29, 1.82) is 0 Å². The SMILES string of the molecule is O=c1cc(OCCCn2cccc2)ccn1Cc1ccc(Cl)cc1Cl. The van der Waals surface area contributed by atoms with Gasteiger partial charge in [0.1, 0.15) is 5.75 Å². The maximum Gasteiger partial charge on any atom is 0.254 e. The standard InChI is InChI=1S/C19H18Cl2N2O2/c20-16-5-4-15(18(21)12-16)14-23-10-6-17(13-19(23)24)25-11-3-9-22-7-1-2-8-22/h1-2,4-8,10,12-13H,3,9,11,14H2. The molecule has 0 saturated heterocycles. The van der Waals surface area contributed by atoms with Crippen molar-refractivity contribution >= 4 is 23.2 Å². The lowest BCUT2D eigenvalue weighted by Crippen LogP contribution is -2.19. The molecule has 0 saturated carbocycles. The molecule has 2 aromatic heterocycles. The van der Waals surface area contributed by atoms with Gasteiger partial charge in [0.2, 0.25) is 0 Å². The predicted molar refractivity (Wildman–Crippen MR) is 101 cm³/mol. The molecular formula is C19H18Cl2N2O2. The van der Waals surface area contributed by atoms with E-state index in [9.17, 15) is 4.79 Å². The molecule has 6 heteroatoms. The Kier molecular flexibility index (Phi) is 5.84. The van der Waals surface area contributed by atoms with Crippen LogP contribution in [0.3, 0.4) is 0 Å². The summed E-state index contributed by atoms with van der Waals surface area (Å²) >= 11 is 12.1. The summed E-state index contributed by atoms with van der Waals surface area (Å²) in [5, 5.41) is 1.12. The molecule has 0 spiro atoms. The van der Waals surface area contributed by atoms with Gasteiger partial charge in [0.25, 0.3) is 5.56 Å². The molecule has 0 N–H and O–H groups in total. The summed E-state index contributed by atoms with van der Waals surface area (Å²) in [6.07, 6.45) is 6.62. The Bertz CT molecular complexity index is 889. The molecule has 0 amide bonds. The highest BCUT2D eigenvalue weighted by Gasteiger charge is 2.05. The summed E-state index contributed by atoms with van der Waals surface area (Å²) < 4.78 is 9.34. The minimum atomic E-state index is -0.131. The third kappa shape index (κ3) is 4.91. The molecule has 0 aliphatic carbocycles. The molecule has 0 radical (unpaired) electrons. The number of hydrogen-bond donors (Lipinski definition) is 0. The largest absolute Gasteiger partial charge is 0.493 e. The highest BCUT2D eigenvalue weighted by Crippen LogP contribution is 2.21. The second-order valence-electron chi connectivity index (χ2n) is 5.69. The third-order valence-electron chi connectivity index (χ3n) is 3.82. The van der Waals surface area contributed by atoms with Crippen molar-refractivity contribution in [3.63, 3.8) is 0 Å². The van der Waals surface area contributed by atoms with Crippen molar-refractivity contribution in [2.24, 2.45) is 0 Å². The van der Waals surface area contributed by atoms with Gasteiger partial charge in [-0.15, -0.1) is 0 Å². The fraction of sp³-hybridized carbons (Fsp3) is 0.211. The van der Waals surface area contributed by atoms with Crippen LogP contribution in [0.15, 0.2) is 65.8 Å². The maximum absolute atomic E-state index is 12.3.